The van der Waals surface area contributed by atoms with Crippen molar-refractivity contribution >= 4 is 35.3 Å². The summed E-state index contributed by atoms with van der Waals surface area (Å²) in [5.41, 5.74) is 6.03. The van der Waals surface area contributed by atoms with Gasteiger partial charge in [0.15, 0.2) is 17.3 Å². The Hall–Kier alpha value is -3.32. The van der Waals surface area contributed by atoms with Crippen LogP contribution in [0.25, 0.3) is 6.08 Å². The van der Waals surface area contributed by atoms with E-state index < -0.39 is 11.8 Å². The van der Waals surface area contributed by atoms with Gasteiger partial charge in [0.2, 0.25) is 11.8 Å². The summed E-state index contributed by atoms with van der Waals surface area (Å²) >= 11 is 5.99. The Morgan fingerprint density at radius 3 is 2.74 bits per heavy atom. The van der Waals surface area contributed by atoms with Crippen LogP contribution in [0.2, 0.25) is 5.02 Å². The summed E-state index contributed by atoms with van der Waals surface area (Å²) < 4.78 is 10.7. The average molecular weight is 388 g/mol. The fraction of sp³-hybridized carbons (Fsp3) is 0.105. The highest BCUT2D eigenvalue weighted by molar-refractivity contribution is 6.33. The second-order valence-corrected chi connectivity index (χ2v) is 5.66. The van der Waals surface area contributed by atoms with Gasteiger partial charge in [-0.1, -0.05) is 30.3 Å². The van der Waals surface area contributed by atoms with Crippen molar-refractivity contribution in [2.45, 2.75) is 0 Å². The van der Waals surface area contributed by atoms with Gasteiger partial charge in [0.1, 0.15) is 6.61 Å². The molecule has 0 saturated carbocycles. The van der Waals surface area contributed by atoms with Gasteiger partial charge in [0.05, 0.1) is 17.7 Å². The maximum atomic E-state index is 12.1. The molecule has 3 N–H and O–H groups in total. The normalized spacial score (nSPS) is 10.4. The monoisotopic (exact) mass is 387 g/mol. The zero-order valence-corrected chi connectivity index (χ0v) is 15.3. The highest BCUT2D eigenvalue weighted by Gasteiger charge is 2.09. The Morgan fingerprint density at radius 1 is 1.33 bits per heavy atom. The van der Waals surface area contributed by atoms with Gasteiger partial charge in [-0.25, -0.2) is 4.98 Å². The third-order valence-corrected chi connectivity index (χ3v) is 3.63. The number of nitrogens with one attached hydrogen (secondary N) is 1. The van der Waals surface area contributed by atoms with Crippen molar-refractivity contribution in [3.8, 4) is 11.5 Å². The minimum atomic E-state index is -0.656. The lowest BCUT2D eigenvalue weighted by Crippen LogP contribution is -2.13. The number of rotatable bonds is 8. The minimum absolute atomic E-state index is 0.110. The van der Waals surface area contributed by atoms with Crippen LogP contribution in [-0.4, -0.2) is 30.5 Å². The summed E-state index contributed by atoms with van der Waals surface area (Å²) in [7, 11) is 1.53. The molecule has 0 unspecified atom stereocenters. The van der Waals surface area contributed by atoms with Crippen LogP contribution in [-0.2, 0) is 4.79 Å². The van der Waals surface area contributed by atoms with E-state index >= 15 is 0 Å². The quantitative estimate of drug-likeness (QED) is 0.535. The second kappa shape index (κ2) is 9.40. The SMILES string of the molecule is C=CCOc1ccc(/C=C/C(=O)Nc2ncc(C(N)=O)cc2Cl)cc1OC. The van der Waals surface area contributed by atoms with E-state index in [1.54, 1.807) is 30.4 Å². The number of carbonyl (C=O) groups is 2. The van der Waals surface area contributed by atoms with E-state index in [-0.39, 0.29) is 16.4 Å². The lowest BCUT2D eigenvalue weighted by molar-refractivity contribution is -0.111. The minimum Gasteiger partial charge on any atom is -0.493 e. The lowest BCUT2D eigenvalue weighted by atomic mass is 10.2. The number of nitrogens with two attached hydrogens (primary N) is 1. The topological polar surface area (TPSA) is 104 Å². The lowest BCUT2D eigenvalue weighted by Gasteiger charge is -2.09. The Balaban J connectivity index is 2.08. The molecule has 0 bridgehead atoms. The number of halogens is 1. The van der Waals surface area contributed by atoms with Gasteiger partial charge in [-0.2, -0.15) is 0 Å². The molecule has 0 aliphatic heterocycles. The first-order valence-electron chi connectivity index (χ1n) is 7.80. The molecule has 0 radical (unpaired) electrons. The van der Waals surface area contributed by atoms with Crippen molar-refractivity contribution in [3.05, 3.63) is 65.3 Å². The van der Waals surface area contributed by atoms with E-state index in [0.29, 0.717) is 18.1 Å². The Labute approximate surface area is 161 Å². The van der Waals surface area contributed by atoms with E-state index in [1.807, 2.05) is 0 Å². The van der Waals surface area contributed by atoms with Crippen LogP contribution in [0.5, 0.6) is 11.5 Å². The van der Waals surface area contributed by atoms with Crippen molar-refractivity contribution in [3.63, 3.8) is 0 Å². The molecule has 1 aromatic heterocycles. The van der Waals surface area contributed by atoms with E-state index in [2.05, 4.69) is 16.9 Å². The van der Waals surface area contributed by atoms with Crippen molar-refractivity contribution in [1.29, 1.82) is 0 Å². The Bertz CT molecular complexity index is 897. The number of anilines is 1. The number of benzene rings is 1. The molecule has 1 aromatic carbocycles. The summed E-state index contributed by atoms with van der Waals surface area (Å²) in [4.78, 5) is 27.1. The van der Waals surface area contributed by atoms with Crippen LogP contribution in [0.3, 0.4) is 0 Å². The molecule has 27 heavy (non-hydrogen) atoms. The van der Waals surface area contributed by atoms with Crippen LogP contribution in [0.1, 0.15) is 15.9 Å². The number of aromatic nitrogens is 1. The molecule has 0 aliphatic carbocycles. The van der Waals surface area contributed by atoms with Crippen molar-refractivity contribution < 1.29 is 19.1 Å². The summed E-state index contributed by atoms with van der Waals surface area (Å²) in [6.45, 7) is 3.95. The molecular formula is C19H18ClN3O4. The largest absolute Gasteiger partial charge is 0.493 e. The third-order valence-electron chi connectivity index (χ3n) is 3.34. The first-order chi connectivity index (χ1) is 12.9. The highest BCUT2D eigenvalue weighted by atomic mass is 35.5. The first-order valence-corrected chi connectivity index (χ1v) is 8.18. The molecule has 140 valence electrons. The number of ether oxygens (including phenoxy) is 2. The predicted octanol–water partition coefficient (Wildman–Crippen LogP) is 3.06. The number of methoxy groups -OCH3 is 1. The molecular weight excluding hydrogens is 370 g/mol. The Kier molecular flexibility index (Phi) is 6.96. The number of amides is 2. The number of hydrogen-bond acceptors (Lipinski definition) is 5. The summed E-state index contributed by atoms with van der Waals surface area (Å²) in [6, 6.07) is 6.58. The number of carbonyl (C=O) groups excluding carboxylic acids is 2. The number of pyridine rings is 1. The van der Waals surface area contributed by atoms with Crippen LogP contribution in [0.4, 0.5) is 5.82 Å². The molecule has 0 saturated heterocycles. The van der Waals surface area contributed by atoms with E-state index in [9.17, 15) is 9.59 Å². The molecule has 2 rings (SSSR count). The maximum absolute atomic E-state index is 12.1. The fourth-order valence-electron chi connectivity index (χ4n) is 2.05. The zero-order chi connectivity index (χ0) is 19.8. The van der Waals surface area contributed by atoms with Crippen molar-refractivity contribution in [2.24, 2.45) is 5.73 Å². The molecule has 7 nitrogen and oxygen atoms in total. The molecule has 0 atom stereocenters. The van der Waals surface area contributed by atoms with Crippen LogP contribution >= 0.6 is 11.6 Å². The van der Waals surface area contributed by atoms with Gasteiger partial charge < -0.3 is 20.5 Å². The molecule has 2 aromatic rings. The predicted molar refractivity (Wildman–Crippen MR) is 104 cm³/mol. The summed E-state index contributed by atoms with van der Waals surface area (Å²) in [5, 5.41) is 2.64. The van der Waals surface area contributed by atoms with E-state index in [1.165, 1.54) is 25.4 Å². The van der Waals surface area contributed by atoms with Gasteiger partial charge in [0, 0.05) is 12.3 Å². The standard InChI is InChI=1S/C19H18ClN3O4/c1-3-8-27-15-6-4-12(9-16(15)26-2)5-7-17(24)23-19-14(20)10-13(11-22-19)18(21)25/h3-7,9-11H,1,8H2,2H3,(H2,21,25)(H,22,23,24)/b7-5+. The van der Waals surface area contributed by atoms with Gasteiger partial charge in [-0.3, -0.25) is 9.59 Å². The van der Waals surface area contributed by atoms with E-state index in [0.717, 1.165) is 5.56 Å². The highest BCUT2D eigenvalue weighted by Crippen LogP contribution is 2.28. The van der Waals surface area contributed by atoms with Crippen LogP contribution in [0, 0.1) is 0 Å². The summed E-state index contributed by atoms with van der Waals surface area (Å²) in [5.74, 6) is 0.136. The summed E-state index contributed by atoms with van der Waals surface area (Å²) in [6.07, 6.45) is 5.78. The molecule has 0 aliphatic rings. The number of primary amides is 1. The van der Waals surface area contributed by atoms with Gasteiger partial charge in [-0.05, 0) is 29.8 Å². The number of hydrogen-bond donors (Lipinski definition) is 2. The average Bonchev–Trinajstić information content (AvgIpc) is 2.66. The third kappa shape index (κ3) is 5.58. The second-order valence-electron chi connectivity index (χ2n) is 5.25. The van der Waals surface area contributed by atoms with Gasteiger partial charge in [-0.15, -0.1) is 0 Å². The van der Waals surface area contributed by atoms with Gasteiger partial charge >= 0.3 is 0 Å². The molecule has 0 fully saturated rings. The van der Waals surface area contributed by atoms with E-state index in [4.69, 9.17) is 26.8 Å². The molecule has 8 heteroatoms. The number of nitrogens with zero attached hydrogens (tertiary/aromatic N) is 1. The Morgan fingerprint density at radius 2 is 2.11 bits per heavy atom. The van der Waals surface area contributed by atoms with Crippen LogP contribution in [0.15, 0.2) is 49.2 Å². The molecule has 2 amide bonds. The maximum Gasteiger partial charge on any atom is 0.250 e. The molecule has 0 spiro atoms. The van der Waals surface area contributed by atoms with Gasteiger partial charge in [0.25, 0.3) is 0 Å². The molecule has 1 heterocycles. The smallest absolute Gasteiger partial charge is 0.250 e. The first kappa shape index (κ1) is 20.0. The van der Waals surface area contributed by atoms with Crippen molar-refractivity contribution in [2.75, 3.05) is 19.0 Å². The fourth-order valence-corrected chi connectivity index (χ4v) is 2.26. The van der Waals surface area contributed by atoms with Crippen molar-refractivity contribution in [1.82, 2.24) is 4.98 Å². The van der Waals surface area contributed by atoms with Crippen LogP contribution < -0.4 is 20.5 Å². The zero-order valence-electron chi connectivity index (χ0n) is 14.6.